The molecule has 0 saturated heterocycles. The van der Waals surface area contributed by atoms with Crippen molar-refractivity contribution < 1.29 is 9.59 Å². The minimum Gasteiger partial charge on any atom is -0.357 e. The van der Waals surface area contributed by atoms with Gasteiger partial charge in [-0.1, -0.05) is 90.0 Å². The zero-order chi connectivity index (χ0) is 22.9. The van der Waals surface area contributed by atoms with Gasteiger partial charge in [0.1, 0.15) is 6.04 Å². The first-order valence-electron chi connectivity index (χ1n) is 11.1. The molecule has 0 radical (unpaired) electrons. The van der Waals surface area contributed by atoms with Gasteiger partial charge in [0.25, 0.3) is 0 Å². The van der Waals surface area contributed by atoms with Crippen molar-refractivity contribution in [3.8, 4) is 0 Å². The summed E-state index contributed by atoms with van der Waals surface area (Å²) in [4.78, 5) is 28.1. The van der Waals surface area contributed by atoms with Crippen LogP contribution in [0.25, 0.3) is 0 Å². The van der Waals surface area contributed by atoms with Crippen molar-refractivity contribution in [2.24, 2.45) is 0 Å². The van der Waals surface area contributed by atoms with Crippen LogP contribution in [0.4, 0.5) is 0 Å². The van der Waals surface area contributed by atoms with E-state index in [0.29, 0.717) is 25.8 Å². The molecule has 0 aromatic heterocycles. The summed E-state index contributed by atoms with van der Waals surface area (Å²) >= 11 is 0. The molecule has 3 rings (SSSR count). The highest BCUT2D eigenvalue weighted by atomic mass is 16.2. The van der Waals surface area contributed by atoms with Crippen LogP contribution in [0, 0.1) is 13.8 Å². The topological polar surface area (TPSA) is 49.4 Å². The second kappa shape index (κ2) is 11.3. The van der Waals surface area contributed by atoms with Gasteiger partial charge in [0.05, 0.1) is 0 Å². The average molecular weight is 429 g/mol. The van der Waals surface area contributed by atoms with Crippen molar-refractivity contribution in [3.05, 3.63) is 107 Å². The van der Waals surface area contributed by atoms with Gasteiger partial charge in [0.15, 0.2) is 0 Å². The molecule has 2 amide bonds. The predicted octanol–water partition coefficient (Wildman–Crippen LogP) is 4.62. The summed E-state index contributed by atoms with van der Waals surface area (Å²) in [5, 5.41) is 2.77. The molecule has 166 valence electrons. The third kappa shape index (κ3) is 6.55. The number of benzene rings is 3. The Labute approximate surface area is 191 Å². The minimum absolute atomic E-state index is 0.0170. The van der Waals surface area contributed by atoms with Gasteiger partial charge in [-0.05, 0) is 37.0 Å². The highest BCUT2D eigenvalue weighted by Crippen LogP contribution is 2.17. The summed E-state index contributed by atoms with van der Waals surface area (Å²) in [6.45, 7) is 4.49. The molecule has 1 N–H and O–H groups in total. The van der Waals surface area contributed by atoms with Gasteiger partial charge < -0.3 is 10.2 Å². The van der Waals surface area contributed by atoms with Gasteiger partial charge in [-0.15, -0.1) is 0 Å². The zero-order valence-electron chi connectivity index (χ0n) is 19.2. The van der Waals surface area contributed by atoms with Crippen molar-refractivity contribution >= 4 is 11.8 Å². The standard InChI is InChI=1S/C28H32N2O2/c1-21-12-14-23(15-13-21)16-17-27(31)30(20-25-11-7-8-22(2)18-25)26(28(32)29-3)19-24-9-5-4-6-10-24/h4-15,18,26H,16-17,19-20H2,1-3H3,(H,29,32)/t26-/m0/s1. The quantitative estimate of drug-likeness (QED) is 0.541. The van der Waals surface area contributed by atoms with Crippen molar-refractivity contribution in [2.45, 2.75) is 45.7 Å². The lowest BCUT2D eigenvalue weighted by Crippen LogP contribution is -2.49. The highest BCUT2D eigenvalue weighted by Gasteiger charge is 2.29. The van der Waals surface area contributed by atoms with E-state index in [1.54, 1.807) is 11.9 Å². The Hall–Kier alpha value is -3.40. The van der Waals surface area contributed by atoms with Gasteiger partial charge in [0.2, 0.25) is 11.8 Å². The van der Waals surface area contributed by atoms with Crippen LogP contribution >= 0.6 is 0 Å². The molecule has 0 saturated carbocycles. The molecule has 0 aliphatic carbocycles. The number of hydrogen-bond acceptors (Lipinski definition) is 2. The summed E-state index contributed by atoms with van der Waals surface area (Å²) in [6.07, 6.45) is 1.48. The zero-order valence-corrected chi connectivity index (χ0v) is 19.2. The number of likely N-dealkylation sites (N-methyl/N-ethyl adjacent to an activating group) is 1. The maximum Gasteiger partial charge on any atom is 0.242 e. The third-order valence-corrected chi connectivity index (χ3v) is 5.70. The molecule has 0 bridgehead atoms. The van der Waals surface area contributed by atoms with E-state index in [9.17, 15) is 9.59 Å². The fraction of sp³-hybridized carbons (Fsp3) is 0.286. The van der Waals surface area contributed by atoms with E-state index < -0.39 is 6.04 Å². The Balaban J connectivity index is 1.86. The first kappa shape index (κ1) is 23.3. The fourth-order valence-corrected chi connectivity index (χ4v) is 3.88. The van der Waals surface area contributed by atoms with Gasteiger partial charge >= 0.3 is 0 Å². The van der Waals surface area contributed by atoms with Gasteiger partial charge in [-0.3, -0.25) is 9.59 Å². The molecular formula is C28H32N2O2. The number of hydrogen-bond donors (Lipinski definition) is 1. The number of nitrogens with zero attached hydrogens (tertiary/aromatic N) is 1. The monoisotopic (exact) mass is 428 g/mol. The number of amides is 2. The summed E-state index contributed by atoms with van der Waals surface area (Å²) in [5.74, 6) is -0.165. The number of rotatable bonds is 9. The maximum absolute atomic E-state index is 13.5. The smallest absolute Gasteiger partial charge is 0.242 e. The second-order valence-electron chi connectivity index (χ2n) is 8.32. The van der Waals surface area contributed by atoms with E-state index in [0.717, 1.165) is 22.3 Å². The van der Waals surface area contributed by atoms with E-state index in [4.69, 9.17) is 0 Å². The molecule has 4 nitrogen and oxygen atoms in total. The molecule has 4 heteroatoms. The van der Waals surface area contributed by atoms with Gasteiger partial charge in [-0.25, -0.2) is 0 Å². The molecule has 0 aliphatic heterocycles. The normalized spacial score (nSPS) is 11.6. The van der Waals surface area contributed by atoms with E-state index in [1.165, 1.54) is 5.56 Å². The van der Waals surface area contributed by atoms with Crippen LogP contribution in [0.15, 0.2) is 78.9 Å². The SMILES string of the molecule is CNC(=O)[C@H](Cc1ccccc1)N(Cc1cccc(C)c1)C(=O)CCc1ccc(C)cc1. The Kier molecular flexibility index (Phi) is 8.20. The first-order chi connectivity index (χ1) is 15.5. The third-order valence-electron chi connectivity index (χ3n) is 5.70. The summed E-state index contributed by atoms with van der Waals surface area (Å²) in [6, 6.07) is 25.7. The van der Waals surface area contributed by atoms with E-state index in [-0.39, 0.29) is 11.8 Å². The van der Waals surface area contributed by atoms with Crippen LogP contribution in [0.3, 0.4) is 0 Å². The van der Waals surface area contributed by atoms with Crippen LogP contribution < -0.4 is 5.32 Å². The molecule has 0 unspecified atom stereocenters. The van der Waals surface area contributed by atoms with Crippen molar-refractivity contribution in [3.63, 3.8) is 0 Å². The van der Waals surface area contributed by atoms with Crippen LogP contribution in [-0.2, 0) is 29.0 Å². The molecule has 0 fully saturated rings. The second-order valence-corrected chi connectivity index (χ2v) is 8.32. The first-order valence-corrected chi connectivity index (χ1v) is 11.1. The lowest BCUT2D eigenvalue weighted by molar-refractivity contribution is -0.141. The van der Waals surface area contributed by atoms with Crippen LogP contribution in [0.2, 0.25) is 0 Å². The Morgan fingerprint density at radius 2 is 1.50 bits per heavy atom. The molecular weight excluding hydrogens is 396 g/mol. The number of aryl methyl sites for hydroxylation is 3. The summed E-state index contributed by atoms with van der Waals surface area (Å²) in [5.41, 5.74) is 5.51. The van der Waals surface area contributed by atoms with Crippen LogP contribution in [0.1, 0.15) is 34.2 Å². The minimum atomic E-state index is -0.576. The van der Waals surface area contributed by atoms with Crippen molar-refractivity contribution in [1.82, 2.24) is 10.2 Å². The molecule has 0 spiro atoms. The van der Waals surface area contributed by atoms with Crippen molar-refractivity contribution in [1.29, 1.82) is 0 Å². The lowest BCUT2D eigenvalue weighted by atomic mass is 10.0. The van der Waals surface area contributed by atoms with E-state index in [2.05, 4.69) is 42.6 Å². The predicted molar refractivity (Wildman–Crippen MR) is 129 cm³/mol. The largest absolute Gasteiger partial charge is 0.357 e. The summed E-state index contributed by atoms with van der Waals surface area (Å²) in [7, 11) is 1.63. The Morgan fingerprint density at radius 3 is 2.16 bits per heavy atom. The molecule has 3 aromatic rings. The highest BCUT2D eigenvalue weighted by molar-refractivity contribution is 5.88. The molecule has 32 heavy (non-hydrogen) atoms. The maximum atomic E-state index is 13.5. The average Bonchev–Trinajstić information content (AvgIpc) is 2.81. The van der Waals surface area contributed by atoms with Gasteiger partial charge in [0, 0.05) is 26.4 Å². The molecule has 0 aliphatic rings. The molecule has 0 heterocycles. The number of carbonyl (C=O) groups is 2. The fourth-order valence-electron chi connectivity index (χ4n) is 3.88. The van der Waals surface area contributed by atoms with E-state index >= 15 is 0 Å². The molecule has 1 atom stereocenters. The van der Waals surface area contributed by atoms with E-state index in [1.807, 2.05) is 55.5 Å². The number of nitrogens with one attached hydrogen (secondary N) is 1. The number of carbonyl (C=O) groups excluding carboxylic acids is 2. The molecule has 3 aromatic carbocycles. The lowest BCUT2D eigenvalue weighted by Gasteiger charge is -2.31. The van der Waals surface area contributed by atoms with Crippen LogP contribution in [0.5, 0.6) is 0 Å². The van der Waals surface area contributed by atoms with Gasteiger partial charge in [-0.2, -0.15) is 0 Å². The Bertz CT molecular complexity index is 1030. The van der Waals surface area contributed by atoms with Crippen LogP contribution in [-0.4, -0.2) is 29.8 Å². The van der Waals surface area contributed by atoms with Crippen molar-refractivity contribution in [2.75, 3.05) is 7.05 Å². The Morgan fingerprint density at radius 1 is 0.812 bits per heavy atom. The summed E-state index contributed by atoms with van der Waals surface area (Å²) < 4.78 is 0.